The molecule has 1 fully saturated rings. The van der Waals surface area contributed by atoms with Gasteiger partial charge >= 0.3 is 0 Å². The highest BCUT2D eigenvalue weighted by atomic mass is 32.1. The summed E-state index contributed by atoms with van der Waals surface area (Å²) >= 11 is 3.61. The molecule has 356 valence electrons. The van der Waals surface area contributed by atoms with Gasteiger partial charge in [0.05, 0.1) is 28.1 Å². The van der Waals surface area contributed by atoms with Gasteiger partial charge in [0.15, 0.2) is 0 Å². The molecule has 5 rings (SSSR count). The van der Waals surface area contributed by atoms with E-state index < -0.39 is 5.92 Å². The smallest absolute Gasteiger partial charge is 0.253 e. The molecular weight excluding hydrogens is 821 g/mol. The van der Waals surface area contributed by atoms with Crippen molar-refractivity contribution in [3.8, 4) is 10.4 Å². The highest BCUT2D eigenvalue weighted by Crippen LogP contribution is 2.54. The van der Waals surface area contributed by atoms with Crippen LogP contribution < -0.4 is 0 Å². The van der Waals surface area contributed by atoms with Gasteiger partial charge in [-0.1, -0.05) is 208 Å². The summed E-state index contributed by atoms with van der Waals surface area (Å²) in [6.07, 6.45) is 30.0. The van der Waals surface area contributed by atoms with Crippen molar-refractivity contribution in [1.29, 1.82) is 0 Å². The van der Waals surface area contributed by atoms with Crippen LogP contribution >= 0.6 is 22.7 Å². The van der Waals surface area contributed by atoms with Crippen LogP contribution in [0.3, 0.4) is 0 Å². The van der Waals surface area contributed by atoms with Gasteiger partial charge < -0.3 is 9.80 Å². The number of amides is 2. The standard InChI is InChI=1S/C58H90N2O2S2/c1-9-13-17-21-23-27-31-45(29-25-19-15-11-3)41-59-55(51-39-37-49(63-51)44(7)8)53-54(58(59)62)56(52-40-38-50(64-52)48-35-33-47(34-36-48)43(5)6)60(57(53)61)42-46(30-26-20-16-12-4)32-28-24-22-18-14-10-2/h33-40,43-46,54,56H,9-32,41-42H2,1-8H3. The number of benzene rings is 1. The van der Waals surface area contributed by atoms with E-state index in [1.807, 2.05) is 11.3 Å². The minimum atomic E-state index is -0.480. The summed E-state index contributed by atoms with van der Waals surface area (Å²) in [5.74, 6) is 1.55. The summed E-state index contributed by atoms with van der Waals surface area (Å²) in [4.78, 5) is 40.5. The third-order valence-electron chi connectivity index (χ3n) is 14.5. The van der Waals surface area contributed by atoms with Gasteiger partial charge in [0.2, 0.25) is 5.91 Å². The first-order chi connectivity index (χ1) is 31.1. The third-order valence-corrected chi connectivity index (χ3v) is 17.1. The normalized spacial score (nSPS) is 17.5. The van der Waals surface area contributed by atoms with Crippen molar-refractivity contribution in [2.75, 3.05) is 13.1 Å². The van der Waals surface area contributed by atoms with E-state index in [4.69, 9.17) is 0 Å². The van der Waals surface area contributed by atoms with Crippen LogP contribution in [0.1, 0.15) is 248 Å². The van der Waals surface area contributed by atoms with Crippen molar-refractivity contribution in [2.24, 2.45) is 17.8 Å². The Morgan fingerprint density at radius 1 is 0.516 bits per heavy atom. The summed E-state index contributed by atoms with van der Waals surface area (Å²) < 4.78 is 0. The van der Waals surface area contributed by atoms with Crippen molar-refractivity contribution in [1.82, 2.24) is 9.80 Å². The predicted molar refractivity (Wildman–Crippen MR) is 279 cm³/mol. The zero-order valence-electron chi connectivity index (χ0n) is 42.0. The largest absolute Gasteiger partial charge is 0.330 e. The van der Waals surface area contributed by atoms with Crippen LogP contribution in [0.5, 0.6) is 0 Å². The SMILES string of the molecule is CCCCCCCCC(CCCCCC)CN1C(=O)C2C(=C1c1ccc(C(C)C)s1)C(=O)N(CC(CCCCCC)CCCCCCCC)C2c1ccc(-c2ccc(C(C)C)cc2)s1. The van der Waals surface area contributed by atoms with Gasteiger partial charge in [-0.15, -0.1) is 22.7 Å². The number of thiophene rings is 2. The van der Waals surface area contributed by atoms with Crippen molar-refractivity contribution >= 4 is 40.2 Å². The second-order valence-corrected chi connectivity index (χ2v) is 22.7. The molecule has 0 N–H and O–H groups in total. The van der Waals surface area contributed by atoms with Crippen molar-refractivity contribution in [3.05, 3.63) is 74.3 Å². The summed E-state index contributed by atoms with van der Waals surface area (Å²) in [5, 5.41) is 0. The van der Waals surface area contributed by atoms with Crippen LogP contribution in [-0.2, 0) is 9.59 Å². The lowest BCUT2D eigenvalue weighted by atomic mass is 9.92. The van der Waals surface area contributed by atoms with Gasteiger partial charge in [0, 0.05) is 27.7 Å². The Balaban J connectivity index is 1.56. The molecule has 2 aliphatic rings. The number of hydrogen-bond acceptors (Lipinski definition) is 4. The lowest BCUT2D eigenvalue weighted by Gasteiger charge is -2.33. The molecule has 4 nitrogen and oxygen atoms in total. The van der Waals surface area contributed by atoms with Crippen molar-refractivity contribution < 1.29 is 9.59 Å². The second kappa shape index (κ2) is 27.8. The van der Waals surface area contributed by atoms with Gasteiger partial charge in [-0.05, 0) is 84.7 Å². The number of likely N-dealkylation sites (tertiary alicyclic amines) is 1. The molecule has 1 saturated heterocycles. The molecule has 0 bridgehead atoms. The fraction of sp³-hybridized carbons (Fsp3) is 0.690. The Kier molecular flexibility index (Phi) is 22.7. The van der Waals surface area contributed by atoms with E-state index in [1.165, 1.54) is 149 Å². The van der Waals surface area contributed by atoms with Gasteiger partial charge in [-0.25, -0.2) is 0 Å². The minimum absolute atomic E-state index is 0.119. The summed E-state index contributed by atoms with van der Waals surface area (Å²) in [5.41, 5.74) is 4.29. The molecule has 2 aromatic heterocycles. The fourth-order valence-corrected chi connectivity index (χ4v) is 12.7. The van der Waals surface area contributed by atoms with Crippen LogP contribution in [0.2, 0.25) is 0 Å². The quantitative estimate of drug-likeness (QED) is 0.0571. The highest BCUT2D eigenvalue weighted by molar-refractivity contribution is 7.15. The third kappa shape index (κ3) is 14.6. The molecule has 6 heteroatoms. The van der Waals surface area contributed by atoms with E-state index in [-0.39, 0.29) is 17.9 Å². The van der Waals surface area contributed by atoms with E-state index in [2.05, 4.69) is 114 Å². The second-order valence-electron chi connectivity index (χ2n) is 20.5. The van der Waals surface area contributed by atoms with E-state index in [1.54, 1.807) is 11.3 Å². The first-order valence-corrected chi connectivity index (χ1v) is 28.4. The Labute approximate surface area is 400 Å². The van der Waals surface area contributed by atoms with Crippen LogP contribution in [0.4, 0.5) is 0 Å². The number of fused-ring (bicyclic) bond motifs is 1. The van der Waals surface area contributed by atoms with Gasteiger partial charge in [-0.2, -0.15) is 0 Å². The lowest BCUT2D eigenvalue weighted by molar-refractivity contribution is -0.131. The van der Waals surface area contributed by atoms with Crippen molar-refractivity contribution in [3.63, 3.8) is 0 Å². The van der Waals surface area contributed by atoms with Crippen LogP contribution in [0.15, 0.2) is 54.1 Å². The summed E-state index contributed by atoms with van der Waals surface area (Å²) in [7, 11) is 0. The number of carbonyl (C=O) groups is 2. The predicted octanol–water partition coefficient (Wildman–Crippen LogP) is 18.2. The molecular formula is C58H90N2O2S2. The molecule has 0 spiro atoms. The Morgan fingerprint density at radius 2 is 1.00 bits per heavy atom. The van der Waals surface area contributed by atoms with E-state index in [0.29, 0.717) is 23.7 Å². The highest BCUT2D eigenvalue weighted by Gasteiger charge is 2.57. The molecule has 3 aromatic rings. The van der Waals surface area contributed by atoms with Gasteiger partial charge in [0.1, 0.15) is 0 Å². The van der Waals surface area contributed by atoms with Crippen LogP contribution in [0, 0.1) is 17.8 Å². The first kappa shape index (κ1) is 52.3. The van der Waals surface area contributed by atoms with E-state index in [9.17, 15) is 0 Å². The van der Waals surface area contributed by atoms with Gasteiger partial charge in [0.25, 0.3) is 5.91 Å². The number of rotatable bonds is 33. The Morgan fingerprint density at radius 3 is 1.50 bits per heavy atom. The van der Waals surface area contributed by atoms with E-state index >= 15 is 9.59 Å². The number of hydrogen-bond donors (Lipinski definition) is 0. The molecule has 64 heavy (non-hydrogen) atoms. The molecule has 0 aliphatic carbocycles. The van der Waals surface area contributed by atoms with Crippen LogP contribution in [0.25, 0.3) is 16.1 Å². The maximum atomic E-state index is 15.7. The molecule has 2 amide bonds. The summed E-state index contributed by atoms with van der Waals surface area (Å²) in [6.45, 7) is 19.6. The molecule has 0 radical (unpaired) electrons. The molecule has 1 aromatic carbocycles. The summed E-state index contributed by atoms with van der Waals surface area (Å²) in [6, 6.07) is 17.8. The number of carbonyl (C=O) groups excluding carboxylic acids is 2. The monoisotopic (exact) mass is 911 g/mol. The number of unbranched alkanes of at least 4 members (excludes halogenated alkanes) is 16. The molecule has 0 saturated carbocycles. The first-order valence-electron chi connectivity index (χ1n) is 26.8. The van der Waals surface area contributed by atoms with E-state index in [0.717, 1.165) is 59.8 Å². The van der Waals surface area contributed by atoms with Crippen molar-refractivity contribution in [2.45, 2.75) is 227 Å². The zero-order chi connectivity index (χ0) is 45.8. The molecule has 4 atom stereocenters. The maximum absolute atomic E-state index is 15.7. The average Bonchev–Trinajstić information content (AvgIpc) is 4.09. The molecule has 4 heterocycles. The zero-order valence-corrected chi connectivity index (χ0v) is 43.6. The molecule has 2 aliphatic heterocycles. The van der Waals surface area contributed by atoms with Crippen LogP contribution in [-0.4, -0.2) is 34.7 Å². The Bertz CT molecular complexity index is 1830. The maximum Gasteiger partial charge on any atom is 0.253 e. The average molecular weight is 912 g/mol. The molecule has 4 unspecified atom stereocenters. The lowest BCUT2D eigenvalue weighted by Crippen LogP contribution is -2.39. The van der Waals surface area contributed by atoms with Gasteiger partial charge in [-0.3, -0.25) is 9.59 Å². The fourth-order valence-electron chi connectivity index (χ4n) is 10.5. The topological polar surface area (TPSA) is 40.6 Å². The Hall–Kier alpha value is -2.70. The minimum Gasteiger partial charge on any atom is -0.330 e. The number of nitrogens with zero attached hydrogens (tertiary/aromatic N) is 2.